The van der Waals surface area contributed by atoms with Gasteiger partial charge in [-0.3, -0.25) is 4.79 Å². The van der Waals surface area contributed by atoms with E-state index in [1.807, 2.05) is 0 Å². The van der Waals surface area contributed by atoms with Crippen molar-refractivity contribution in [1.82, 2.24) is 0 Å². The topological polar surface area (TPSA) is 55.1 Å². The van der Waals surface area contributed by atoms with Crippen LogP contribution in [0.1, 0.15) is 11.1 Å². The highest BCUT2D eigenvalue weighted by atomic mass is 19.3. The fourth-order valence-electron chi connectivity index (χ4n) is 1.54. The number of benzene rings is 1. The Labute approximate surface area is 78.9 Å². The number of alkyl halides is 2. The van der Waals surface area contributed by atoms with Gasteiger partial charge in [-0.1, -0.05) is 0 Å². The second-order valence-electron chi connectivity index (χ2n) is 3.29. The van der Waals surface area contributed by atoms with Crippen LogP contribution in [0.3, 0.4) is 0 Å². The molecule has 3 N–H and O–H groups in total. The highest BCUT2D eigenvalue weighted by molar-refractivity contribution is 6.05. The highest BCUT2D eigenvalue weighted by Crippen LogP contribution is 2.42. The molecule has 1 aromatic carbocycles. The van der Waals surface area contributed by atoms with Crippen molar-refractivity contribution in [3.05, 3.63) is 23.3 Å². The molecule has 5 heteroatoms. The van der Waals surface area contributed by atoms with Crippen LogP contribution in [0.25, 0.3) is 0 Å². The Hall–Kier alpha value is -1.65. The number of carbonyl (C=O) groups is 1. The van der Waals surface area contributed by atoms with Crippen molar-refractivity contribution in [2.75, 3.05) is 11.1 Å². The third-order valence-corrected chi connectivity index (χ3v) is 2.22. The van der Waals surface area contributed by atoms with Gasteiger partial charge in [0.25, 0.3) is 5.91 Å². The van der Waals surface area contributed by atoms with Crippen molar-refractivity contribution in [2.45, 2.75) is 12.8 Å². The molecule has 14 heavy (non-hydrogen) atoms. The molecule has 0 unspecified atom stereocenters. The second kappa shape index (κ2) is 2.43. The van der Waals surface area contributed by atoms with Crippen molar-refractivity contribution < 1.29 is 13.6 Å². The minimum absolute atomic E-state index is 0.175. The van der Waals surface area contributed by atoms with E-state index in [1.165, 1.54) is 0 Å². The first-order valence-corrected chi connectivity index (χ1v) is 4.03. The van der Waals surface area contributed by atoms with E-state index in [0.29, 0.717) is 5.56 Å². The average Bonchev–Trinajstić information content (AvgIpc) is 2.28. The van der Waals surface area contributed by atoms with Gasteiger partial charge in [0, 0.05) is 5.69 Å². The number of anilines is 2. The lowest BCUT2D eigenvalue weighted by Crippen LogP contribution is -2.23. The Kier molecular flexibility index (Phi) is 1.55. The molecule has 0 saturated heterocycles. The number of nitrogens with two attached hydrogens (primary N) is 1. The molecule has 0 bridgehead atoms. The average molecular weight is 198 g/mol. The molecule has 0 saturated carbocycles. The third-order valence-electron chi connectivity index (χ3n) is 2.22. The SMILES string of the molecule is Cc1cc(N)cc2c1NC(=O)C2(F)F. The van der Waals surface area contributed by atoms with Gasteiger partial charge in [0.2, 0.25) is 0 Å². The van der Waals surface area contributed by atoms with Crippen molar-refractivity contribution in [2.24, 2.45) is 0 Å². The summed E-state index contributed by atoms with van der Waals surface area (Å²) in [5.41, 5.74) is 6.05. The van der Waals surface area contributed by atoms with E-state index in [9.17, 15) is 13.6 Å². The van der Waals surface area contributed by atoms with Gasteiger partial charge in [-0.15, -0.1) is 0 Å². The summed E-state index contributed by atoms with van der Waals surface area (Å²) in [4.78, 5) is 10.9. The Morgan fingerprint density at radius 3 is 2.71 bits per heavy atom. The molecule has 0 spiro atoms. The number of hydrogen-bond donors (Lipinski definition) is 2. The van der Waals surface area contributed by atoms with E-state index in [0.717, 1.165) is 6.07 Å². The second-order valence-corrected chi connectivity index (χ2v) is 3.29. The van der Waals surface area contributed by atoms with Crippen molar-refractivity contribution in [1.29, 1.82) is 0 Å². The van der Waals surface area contributed by atoms with Crippen LogP contribution in [0.5, 0.6) is 0 Å². The molecular formula is C9H8F2N2O. The molecule has 1 aromatic rings. The summed E-state index contributed by atoms with van der Waals surface area (Å²) < 4.78 is 26.4. The first kappa shape index (κ1) is 8.93. The summed E-state index contributed by atoms with van der Waals surface area (Å²) in [6, 6.07) is 2.67. The quantitative estimate of drug-likeness (QED) is 0.622. The summed E-state index contributed by atoms with van der Waals surface area (Å²) in [6.07, 6.45) is 0. The number of nitrogens with one attached hydrogen (secondary N) is 1. The van der Waals surface area contributed by atoms with Crippen molar-refractivity contribution >= 4 is 17.3 Å². The molecule has 0 aliphatic carbocycles. The number of carbonyl (C=O) groups excluding carboxylic acids is 1. The predicted molar refractivity (Wildman–Crippen MR) is 48.1 cm³/mol. The van der Waals surface area contributed by atoms with Gasteiger partial charge >= 0.3 is 5.92 Å². The maximum absolute atomic E-state index is 13.2. The van der Waals surface area contributed by atoms with Crippen molar-refractivity contribution in [3.8, 4) is 0 Å². The summed E-state index contributed by atoms with van der Waals surface area (Å²) >= 11 is 0. The molecule has 0 fully saturated rings. The molecule has 1 heterocycles. The lowest BCUT2D eigenvalue weighted by molar-refractivity contribution is -0.139. The molecule has 0 aromatic heterocycles. The van der Waals surface area contributed by atoms with Gasteiger partial charge < -0.3 is 11.1 Å². The monoisotopic (exact) mass is 198 g/mol. The van der Waals surface area contributed by atoms with Crippen LogP contribution in [0.2, 0.25) is 0 Å². The molecule has 2 rings (SSSR count). The number of fused-ring (bicyclic) bond motifs is 1. The fraction of sp³-hybridized carbons (Fsp3) is 0.222. The molecule has 3 nitrogen and oxygen atoms in total. The highest BCUT2D eigenvalue weighted by Gasteiger charge is 2.48. The van der Waals surface area contributed by atoms with Crippen molar-refractivity contribution in [3.63, 3.8) is 0 Å². The van der Waals surface area contributed by atoms with Gasteiger partial charge in [-0.25, -0.2) is 0 Å². The fourth-order valence-corrected chi connectivity index (χ4v) is 1.54. The first-order chi connectivity index (χ1) is 6.43. The summed E-state index contributed by atoms with van der Waals surface area (Å²) in [5.74, 6) is -4.75. The van der Waals surface area contributed by atoms with Gasteiger partial charge in [0.1, 0.15) is 0 Å². The van der Waals surface area contributed by atoms with Crippen LogP contribution in [-0.2, 0) is 10.7 Å². The predicted octanol–water partition coefficient (Wildman–Crippen LogP) is 1.62. The largest absolute Gasteiger partial charge is 0.399 e. The zero-order valence-electron chi connectivity index (χ0n) is 7.40. The standard InChI is InChI=1S/C9H8F2N2O/c1-4-2-5(12)3-6-7(4)13-8(14)9(6,10)11/h2-3H,12H2,1H3,(H,13,14). The van der Waals surface area contributed by atoms with Gasteiger partial charge in [0.05, 0.1) is 11.3 Å². The van der Waals surface area contributed by atoms with Gasteiger partial charge in [-0.05, 0) is 24.6 Å². The Bertz CT molecular complexity index is 429. The molecule has 74 valence electrons. The zero-order chi connectivity index (χ0) is 10.5. The smallest absolute Gasteiger partial charge is 0.352 e. The molecule has 1 amide bonds. The first-order valence-electron chi connectivity index (χ1n) is 4.03. The number of nitrogen functional groups attached to an aromatic ring is 1. The summed E-state index contributed by atoms with van der Waals surface area (Å²) in [5, 5.41) is 2.14. The maximum Gasteiger partial charge on any atom is 0.352 e. The molecule has 0 radical (unpaired) electrons. The zero-order valence-corrected chi connectivity index (χ0v) is 7.40. The Morgan fingerprint density at radius 1 is 1.43 bits per heavy atom. The van der Waals surface area contributed by atoms with E-state index in [1.54, 1.807) is 13.0 Å². The van der Waals surface area contributed by atoms with Crippen LogP contribution in [0.4, 0.5) is 20.2 Å². The van der Waals surface area contributed by atoms with E-state index < -0.39 is 11.8 Å². The summed E-state index contributed by atoms with van der Waals surface area (Å²) in [6.45, 7) is 1.62. The number of hydrogen-bond acceptors (Lipinski definition) is 2. The van der Waals surface area contributed by atoms with Crippen LogP contribution in [-0.4, -0.2) is 5.91 Å². The lowest BCUT2D eigenvalue weighted by Gasteiger charge is -2.07. The van der Waals surface area contributed by atoms with Crippen LogP contribution in [0.15, 0.2) is 12.1 Å². The molecule has 1 aliphatic rings. The molecule has 0 atom stereocenters. The summed E-state index contributed by atoms with van der Waals surface area (Å²) in [7, 11) is 0. The number of aryl methyl sites for hydroxylation is 1. The van der Waals surface area contributed by atoms with E-state index in [2.05, 4.69) is 5.32 Å². The van der Waals surface area contributed by atoms with Crippen LogP contribution < -0.4 is 11.1 Å². The number of halogens is 2. The molecular weight excluding hydrogens is 190 g/mol. The maximum atomic E-state index is 13.2. The lowest BCUT2D eigenvalue weighted by atomic mass is 10.1. The molecule has 1 aliphatic heterocycles. The number of amides is 1. The normalized spacial score (nSPS) is 17.8. The Balaban J connectivity index is 2.71. The van der Waals surface area contributed by atoms with E-state index in [-0.39, 0.29) is 16.9 Å². The van der Waals surface area contributed by atoms with Gasteiger partial charge in [0.15, 0.2) is 0 Å². The van der Waals surface area contributed by atoms with Gasteiger partial charge in [-0.2, -0.15) is 8.78 Å². The number of rotatable bonds is 0. The minimum atomic E-state index is -3.46. The van der Waals surface area contributed by atoms with E-state index >= 15 is 0 Å². The third kappa shape index (κ3) is 0.982. The van der Waals surface area contributed by atoms with Crippen LogP contribution in [0, 0.1) is 6.92 Å². The minimum Gasteiger partial charge on any atom is -0.399 e. The Morgan fingerprint density at radius 2 is 2.07 bits per heavy atom. The van der Waals surface area contributed by atoms with E-state index in [4.69, 9.17) is 5.73 Å². The van der Waals surface area contributed by atoms with Crippen LogP contribution >= 0.6 is 0 Å².